The Morgan fingerprint density at radius 1 is 1.16 bits per heavy atom. The molecule has 2 aliphatic rings. The summed E-state index contributed by atoms with van der Waals surface area (Å²) in [6.45, 7) is 1.51. The van der Waals surface area contributed by atoms with E-state index in [1.807, 2.05) is 23.1 Å². The molecule has 31 heavy (non-hydrogen) atoms. The highest BCUT2D eigenvalue weighted by atomic mass is 32.1. The number of aromatic nitrogens is 2. The highest BCUT2D eigenvalue weighted by Gasteiger charge is 2.27. The van der Waals surface area contributed by atoms with Gasteiger partial charge in [0.15, 0.2) is 16.5 Å². The Hall–Kier alpha value is -3.26. The molecule has 1 atom stereocenters. The normalized spacial score (nSPS) is 18.0. The van der Waals surface area contributed by atoms with Gasteiger partial charge in [0.25, 0.3) is 0 Å². The highest BCUT2D eigenvalue weighted by molar-refractivity contribution is 7.14. The molecule has 6 nitrogen and oxygen atoms in total. The van der Waals surface area contributed by atoms with Crippen molar-refractivity contribution < 1.29 is 18.7 Å². The van der Waals surface area contributed by atoms with Crippen LogP contribution >= 0.6 is 11.3 Å². The first-order chi connectivity index (χ1) is 15.2. The molecular weight excluding hydrogens is 417 g/mol. The predicted molar refractivity (Wildman–Crippen MR) is 115 cm³/mol. The van der Waals surface area contributed by atoms with Crippen molar-refractivity contribution in [1.29, 1.82) is 0 Å². The summed E-state index contributed by atoms with van der Waals surface area (Å²) in [5, 5.41) is 9.90. The monoisotopic (exact) mass is 437 g/mol. The number of piperidine rings is 1. The number of hydrogen-bond acceptors (Lipinski definition) is 6. The van der Waals surface area contributed by atoms with Crippen molar-refractivity contribution in [2.45, 2.75) is 18.8 Å². The van der Waals surface area contributed by atoms with Crippen LogP contribution in [0.5, 0.6) is 11.5 Å². The molecule has 1 fully saturated rings. The van der Waals surface area contributed by atoms with Gasteiger partial charge in [-0.15, -0.1) is 10.2 Å². The molecule has 0 N–H and O–H groups in total. The largest absolute Gasteiger partial charge is 0.454 e. The minimum Gasteiger partial charge on any atom is -0.454 e. The minimum absolute atomic E-state index is 0.0405. The third kappa shape index (κ3) is 4.16. The fourth-order valence-electron chi connectivity index (χ4n) is 3.81. The summed E-state index contributed by atoms with van der Waals surface area (Å²) >= 11 is 1.40. The van der Waals surface area contributed by atoms with Crippen LogP contribution in [0.1, 0.15) is 29.3 Å². The first-order valence-electron chi connectivity index (χ1n) is 10.1. The molecule has 1 aromatic heterocycles. The van der Waals surface area contributed by atoms with Gasteiger partial charge in [-0.1, -0.05) is 29.5 Å². The second-order valence-corrected chi connectivity index (χ2v) is 8.50. The summed E-state index contributed by atoms with van der Waals surface area (Å²) in [5.74, 6) is 1.17. The van der Waals surface area contributed by atoms with E-state index in [-0.39, 0.29) is 24.4 Å². The lowest BCUT2D eigenvalue weighted by atomic mass is 9.98. The van der Waals surface area contributed by atoms with Gasteiger partial charge in [-0.2, -0.15) is 0 Å². The molecular formula is C23H20FN3O3S. The number of likely N-dealkylation sites (tertiary alicyclic amines) is 1. The lowest BCUT2D eigenvalue weighted by molar-refractivity contribution is -0.127. The van der Waals surface area contributed by atoms with Crippen LogP contribution in [-0.2, 0) is 4.79 Å². The smallest absolute Gasteiger partial charge is 0.246 e. The van der Waals surface area contributed by atoms with E-state index >= 15 is 0 Å². The van der Waals surface area contributed by atoms with E-state index in [1.165, 1.54) is 17.4 Å². The Morgan fingerprint density at radius 3 is 2.94 bits per heavy atom. The molecule has 1 amide bonds. The second-order valence-electron chi connectivity index (χ2n) is 7.49. The minimum atomic E-state index is -0.306. The van der Waals surface area contributed by atoms with Gasteiger partial charge >= 0.3 is 0 Å². The van der Waals surface area contributed by atoms with Crippen molar-refractivity contribution in [3.05, 3.63) is 64.9 Å². The summed E-state index contributed by atoms with van der Waals surface area (Å²) in [7, 11) is 0. The number of rotatable bonds is 4. The quantitative estimate of drug-likeness (QED) is 0.563. The number of hydrogen-bond donors (Lipinski definition) is 0. The molecule has 3 aromatic rings. The van der Waals surface area contributed by atoms with Gasteiger partial charge in [0.05, 0.1) is 0 Å². The van der Waals surface area contributed by atoms with E-state index in [0.29, 0.717) is 35.2 Å². The Labute approximate surface area is 182 Å². The third-order valence-electron chi connectivity index (χ3n) is 5.44. The van der Waals surface area contributed by atoms with Crippen LogP contribution in [-0.4, -0.2) is 40.9 Å². The third-order valence-corrected chi connectivity index (χ3v) is 6.56. The van der Waals surface area contributed by atoms with Crippen LogP contribution in [0.25, 0.3) is 16.6 Å². The van der Waals surface area contributed by atoms with Gasteiger partial charge < -0.3 is 14.4 Å². The Bertz CT molecular complexity index is 1150. The van der Waals surface area contributed by atoms with Crippen LogP contribution in [0.15, 0.2) is 48.5 Å². The van der Waals surface area contributed by atoms with E-state index in [1.54, 1.807) is 30.4 Å². The molecule has 0 bridgehead atoms. The number of carbonyl (C=O) groups excluding carboxylic acids is 1. The van der Waals surface area contributed by atoms with E-state index in [0.717, 1.165) is 23.4 Å². The number of fused-ring (bicyclic) bond motifs is 1. The van der Waals surface area contributed by atoms with E-state index in [2.05, 4.69) is 10.2 Å². The average molecular weight is 437 g/mol. The SMILES string of the molecule is O=C(/C=C/c1ccc2c(c1)OCO2)N1CCCC(c2nnc(-c3ccccc3F)s2)C1. The Balaban J connectivity index is 1.26. The van der Waals surface area contributed by atoms with Gasteiger partial charge in [-0.25, -0.2) is 4.39 Å². The molecule has 1 unspecified atom stereocenters. The van der Waals surface area contributed by atoms with Crippen molar-refractivity contribution in [3.8, 4) is 22.1 Å². The number of carbonyl (C=O) groups is 1. The topological polar surface area (TPSA) is 64.6 Å². The summed E-state index contributed by atoms with van der Waals surface area (Å²) in [5.41, 5.74) is 1.34. The zero-order valence-electron chi connectivity index (χ0n) is 16.7. The maximum absolute atomic E-state index is 14.1. The molecule has 2 aromatic carbocycles. The van der Waals surface area contributed by atoms with Crippen molar-refractivity contribution in [3.63, 3.8) is 0 Å². The maximum Gasteiger partial charge on any atom is 0.246 e. The second kappa shape index (κ2) is 8.47. The van der Waals surface area contributed by atoms with Crippen LogP contribution in [0.4, 0.5) is 4.39 Å². The van der Waals surface area contributed by atoms with Crippen molar-refractivity contribution in [2.24, 2.45) is 0 Å². The standard InChI is InChI=1S/C23H20FN3O3S/c24-18-6-2-1-5-17(18)23-26-25-22(31-23)16-4-3-11-27(13-16)21(28)10-8-15-7-9-19-20(12-15)30-14-29-19/h1-2,5-10,12,16H,3-4,11,13-14H2/b10-8+. The molecule has 2 aliphatic heterocycles. The number of benzene rings is 2. The Morgan fingerprint density at radius 2 is 2.03 bits per heavy atom. The fraction of sp³-hybridized carbons (Fsp3) is 0.261. The van der Waals surface area contributed by atoms with E-state index in [4.69, 9.17) is 9.47 Å². The van der Waals surface area contributed by atoms with Crippen LogP contribution < -0.4 is 9.47 Å². The highest BCUT2D eigenvalue weighted by Crippen LogP contribution is 2.34. The fourth-order valence-corrected chi connectivity index (χ4v) is 4.81. The molecule has 0 aliphatic carbocycles. The van der Waals surface area contributed by atoms with Gasteiger partial charge in [0.1, 0.15) is 10.8 Å². The number of amides is 1. The average Bonchev–Trinajstić information content (AvgIpc) is 3.47. The molecule has 5 rings (SSSR count). The first kappa shape index (κ1) is 19.7. The van der Waals surface area contributed by atoms with Crippen molar-refractivity contribution >= 4 is 23.3 Å². The van der Waals surface area contributed by atoms with Gasteiger partial charge in [-0.05, 0) is 48.7 Å². The van der Waals surface area contributed by atoms with Crippen LogP contribution in [0, 0.1) is 5.82 Å². The number of nitrogens with zero attached hydrogens (tertiary/aromatic N) is 3. The first-order valence-corrected chi connectivity index (χ1v) is 10.9. The van der Waals surface area contributed by atoms with Gasteiger partial charge in [0.2, 0.25) is 12.7 Å². The van der Waals surface area contributed by atoms with Crippen molar-refractivity contribution in [2.75, 3.05) is 19.9 Å². The lowest BCUT2D eigenvalue weighted by Gasteiger charge is -2.30. The molecule has 158 valence electrons. The van der Waals surface area contributed by atoms with Gasteiger partial charge in [-0.3, -0.25) is 4.79 Å². The molecule has 0 spiro atoms. The molecule has 3 heterocycles. The molecule has 0 saturated carbocycles. The van der Waals surface area contributed by atoms with Crippen LogP contribution in [0.2, 0.25) is 0 Å². The van der Waals surface area contributed by atoms with E-state index in [9.17, 15) is 9.18 Å². The Kier molecular flexibility index (Phi) is 5.38. The predicted octanol–water partition coefficient (Wildman–Crippen LogP) is 4.49. The summed E-state index contributed by atoms with van der Waals surface area (Å²) in [4.78, 5) is 14.6. The lowest BCUT2D eigenvalue weighted by Crippen LogP contribution is -2.38. The molecule has 1 saturated heterocycles. The summed E-state index contributed by atoms with van der Waals surface area (Å²) < 4.78 is 24.7. The summed E-state index contributed by atoms with van der Waals surface area (Å²) in [6.07, 6.45) is 5.20. The van der Waals surface area contributed by atoms with Crippen molar-refractivity contribution in [1.82, 2.24) is 15.1 Å². The molecule has 8 heteroatoms. The molecule has 0 radical (unpaired) electrons. The van der Waals surface area contributed by atoms with E-state index < -0.39 is 0 Å². The number of ether oxygens (including phenoxy) is 2. The zero-order chi connectivity index (χ0) is 21.2. The number of halogens is 1. The van der Waals surface area contributed by atoms with Crippen LogP contribution in [0.3, 0.4) is 0 Å². The van der Waals surface area contributed by atoms with Gasteiger partial charge in [0, 0.05) is 30.6 Å². The summed E-state index contributed by atoms with van der Waals surface area (Å²) in [6, 6.07) is 12.2. The zero-order valence-corrected chi connectivity index (χ0v) is 17.5. The maximum atomic E-state index is 14.1.